The average Bonchev–Trinajstić information content (AvgIpc) is 2.36. The van der Waals surface area contributed by atoms with Gasteiger partial charge in [0.2, 0.25) is 0 Å². The molecule has 1 aromatic rings. The third-order valence-electron chi connectivity index (χ3n) is 3.18. The van der Waals surface area contributed by atoms with Crippen LogP contribution in [0.15, 0.2) is 24.3 Å². The summed E-state index contributed by atoms with van der Waals surface area (Å²) in [6.07, 6.45) is 1.38. The first-order valence-electron chi connectivity index (χ1n) is 5.86. The molecule has 0 bridgehead atoms. The molecule has 0 aromatic heterocycles. The lowest BCUT2D eigenvalue weighted by atomic mass is 9.93. The molecule has 0 aliphatic rings. The summed E-state index contributed by atoms with van der Waals surface area (Å²) in [6.45, 7) is 3.83. The van der Waals surface area contributed by atoms with E-state index in [1.165, 1.54) is 0 Å². The van der Waals surface area contributed by atoms with Crippen molar-refractivity contribution in [3.05, 3.63) is 29.8 Å². The van der Waals surface area contributed by atoms with Crippen LogP contribution in [0.3, 0.4) is 0 Å². The molecular weight excluding hydrogens is 216 g/mol. The van der Waals surface area contributed by atoms with Gasteiger partial charge in [0.1, 0.15) is 0 Å². The molecule has 4 nitrogen and oxygen atoms in total. The zero-order valence-corrected chi connectivity index (χ0v) is 10.4. The van der Waals surface area contributed by atoms with Crippen molar-refractivity contribution in [3.63, 3.8) is 0 Å². The Kier molecular flexibility index (Phi) is 4.52. The van der Waals surface area contributed by atoms with E-state index in [0.717, 1.165) is 0 Å². The van der Waals surface area contributed by atoms with Crippen molar-refractivity contribution in [2.75, 3.05) is 12.3 Å². The number of benzene rings is 1. The van der Waals surface area contributed by atoms with E-state index < -0.39 is 5.54 Å². The molecule has 4 heteroatoms. The second-order valence-electron chi connectivity index (χ2n) is 4.23. The molecular formula is C13H20N2O2. The first kappa shape index (κ1) is 13.5. The maximum atomic E-state index is 12.0. The zero-order chi connectivity index (χ0) is 12.9. The van der Waals surface area contributed by atoms with Gasteiger partial charge in [0.05, 0.1) is 12.1 Å². The highest BCUT2D eigenvalue weighted by atomic mass is 16.3. The van der Waals surface area contributed by atoms with Crippen LogP contribution < -0.4 is 11.1 Å². The fourth-order valence-electron chi connectivity index (χ4n) is 1.68. The predicted octanol–water partition coefficient (Wildman–Crippen LogP) is 1.55. The number of hydrogen-bond donors (Lipinski definition) is 3. The monoisotopic (exact) mass is 236 g/mol. The predicted molar refractivity (Wildman–Crippen MR) is 68.7 cm³/mol. The van der Waals surface area contributed by atoms with Crippen molar-refractivity contribution < 1.29 is 9.90 Å². The molecule has 1 amide bonds. The van der Waals surface area contributed by atoms with Gasteiger partial charge in [-0.3, -0.25) is 4.79 Å². The van der Waals surface area contributed by atoms with Crippen molar-refractivity contribution in [3.8, 4) is 0 Å². The van der Waals surface area contributed by atoms with Crippen molar-refractivity contribution in [1.29, 1.82) is 0 Å². The quantitative estimate of drug-likeness (QED) is 0.679. The van der Waals surface area contributed by atoms with Gasteiger partial charge in [0.25, 0.3) is 5.91 Å². The zero-order valence-electron chi connectivity index (χ0n) is 10.4. The third-order valence-corrected chi connectivity index (χ3v) is 3.18. The van der Waals surface area contributed by atoms with Crippen LogP contribution in [0.5, 0.6) is 0 Å². The average molecular weight is 236 g/mol. The van der Waals surface area contributed by atoms with Gasteiger partial charge in [-0.05, 0) is 31.0 Å². The van der Waals surface area contributed by atoms with Crippen LogP contribution in [0, 0.1) is 0 Å². The number of amides is 1. The number of hydrogen-bond acceptors (Lipinski definition) is 3. The third kappa shape index (κ3) is 3.20. The highest BCUT2D eigenvalue weighted by Gasteiger charge is 2.27. The number of rotatable bonds is 5. The van der Waals surface area contributed by atoms with Crippen LogP contribution in [0.1, 0.15) is 37.0 Å². The van der Waals surface area contributed by atoms with Gasteiger partial charge in [0.15, 0.2) is 0 Å². The van der Waals surface area contributed by atoms with E-state index in [1.54, 1.807) is 24.3 Å². The number of carbonyl (C=O) groups excluding carboxylic acids is 1. The minimum absolute atomic E-state index is 0.0615. The molecule has 0 atom stereocenters. The Morgan fingerprint density at radius 3 is 2.53 bits per heavy atom. The SMILES string of the molecule is CCC(CC)(CO)NC(=O)c1cccc(N)c1. The molecule has 94 valence electrons. The number of aliphatic hydroxyl groups is 1. The first-order valence-corrected chi connectivity index (χ1v) is 5.86. The lowest BCUT2D eigenvalue weighted by Gasteiger charge is -2.30. The minimum atomic E-state index is -0.540. The molecule has 0 heterocycles. The van der Waals surface area contributed by atoms with Crippen molar-refractivity contribution >= 4 is 11.6 Å². The molecule has 0 aliphatic heterocycles. The lowest BCUT2D eigenvalue weighted by Crippen LogP contribution is -2.50. The van der Waals surface area contributed by atoms with Gasteiger partial charge < -0.3 is 16.2 Å². The van der Waals surface area contributed by atoms with Gasteiger partial charge in [-0.1, -0.05) is 19.9 Å². The second-order valence-corrected chi connectivity index (χ2v) is 4.23. The molecule has 17 heavy (non-hydrogen) atoms. The summed E-state index contributed by atoms with van der Waals surface area (Å²) in [6, 6.07) is 6.81. The number of nitrogen functional groups attached to an aromatic ring is 1. The van der Waals surface area contributed by atoms with Crippen molar-refractivity contribution in [2.45, 2.75) is 32.2 Å². The van der Waals surface area contributed by atoms with E-state index in [0.29, 0.717) is 24.1 Å². The summed E-state index contributed by atoms with van der Waals surface area (Å²) in [5.41, 5.74) is 6.16. The molecule has 1 rings (SSSR count). The molecule has 1 aromatic carbocycles. The molecule has 0 saturated carbocycles. The fraction of sp³-hybridized carbons (Fsp3) is 0.462. The van der Waals surface area contributed by atoms with Gasteiger partial charge >= 0.3 is 0 Å². The van der Waals surface area contributed by atoms with Crippen LogP contribution in [0.2, 0.25) is 0 Å². The summed E-state index contributed by atoms with van der Waals surface area (Å²) in [7, 11) is 0. The normalized spacial score (nSPS) is 11.2. The minimum Gasteiger partial charge on any atom is -0.399 e. The Labute approximate surface area is 102 Å². The molecule has 0 saturated heterocycles. The Morgan fingerprint density at radius 2 is 2.06 bits per heavy atom. The first-order chi connectivity index (χ1) is 8.06. The Bertz CT molecular complexity index is 378. The van der Waals surface area contributed by atoms with E-state index in [2.05, 4.69) is 5.32 Å². The van der Waals surface area contributed by atoms with Gasteiger partial charge in [0, 0.05) is 11.3 Å². The number of anilines is 1. The van der Waals surface area contributed by atoms with Crippen LogP contribution in [-0.4, -0.2) is 23.2 Å². The Morgan fingerprint density at radius 1 is 1.41 bits per heavy atom. The van der Waals surface area contributed by atoms with Crippen LogP contribution in [0.4, 0.5) is 5.69 Å². The van der Waals surface area contributed by atoms with Gasteiger partial charge in [-0.25, -0.2) is 0 Å². The Hall–Kier alpha value is -1.55. The summed E-state index contributed by atoms with van der Waals surface area (Å²) < 4.78 is 0. The number of carbonyl (C=O) groups is 1. The number of nitrogens with two attached hydrogens (primary N) is 1. The van der Waals surface area contributed by atoms with E-state index in [1.807, 2.05) is 13.8 Å². The summed E-state index contributed by atoms with van der Waals surface area (Å²) in [4.78, 5) is 12.0. The molecule has 0 aliphatic carbocycles. The molecule has 0 spiro atoms. The molecule has 0 fully saturated rings. The highest BCUT2D eigenvalue weighted by Crippen LogP contribution is 2.16. The number of nitrogens with one attached hydrogen (secondary N) is 1. The molecule has 0 radical (unpaired) electrons. The van der Waals surface area contributed by atoms with Crippen LogP contribution >= 0.6 is 0 Å². The Balaban J connectivity index is 2.84. The summed E-state index contributed by atoms with van der Waals surface area (Å²) in [5.74, 6) is -0.199. The molecule has 0 unspecified atom stereocenters. The van der Waals surface area contributed by atoms with E-state index in [-0.39, 0.29) is 12.5 Å². The van der Waals surface area contributed by atoms with E-state index in [9.17, 15) is 9.90 Å². The maximum Gasteiger partial charge on any atom is 0.251 e. The topological polar surface area (TPSA) is 75.3 Å². The number of aliphatic hydroxyl groups excluding tert-OH is 1. The second kappa shape index (κ2) is 5.68. The van der Waals surface area contributed by atoms with Crippen molar-refractivity contribution in [2.24, 2.45) is 0 Å². The lowest BCUT2D eigenvalue weighted by molar-refractivity contribution is 0.0818. The van der Waals surface area contributed by atoms with Gasteiger partial charge in [-0.15, -0.1) is 0 Å². The molecule has 4 N–H and O–H groups in total. The fourth-order valence-corrected chi connectivity index (χ4v) is 1.68. The smallest absolute Gasteiger partial charge is 0.251 e. The highest BCUT2D eigenvalue weighted by molar-refractivity contribution is 5.95. The standard InChI is InChI=1S/C13H20N2O2/c1-3-13(4-2,9-16)15-12(17)10-6-5-7-11(14)8-10/h5-8,16H,3-4,9,14H2,1-2H3,(H,15,17). The van der Waals surface area contributed by atoms with Gasteiger partial charge in [-0.2, -0.15) is 0 Å². The largest absolute Gasteiger partial charge is 0.399 e. The van der Waals surface area contributed by atoms with E-state index in [4.69, 9.17) is 5.73 Å². The summed E-state index contributed by atoms with van der Waals surface area (Å²) >= 11 is 0. The summed E-state index contributed by atoms with van der Waals surface area (Å²) in [5, 5.41) is 12.3. The van der Waals surface area contributed by atoms with Crippen LogP contribution in [-0.2, 0) is 0 Å². The van der Waals surface area contributed by atoms with Crippen molar-refractivity contribution in [1.82, 2.24) is 5.32 Å². The maximum absolute atomic E-state index is 12.0. The van der Waals surface area contributed by atoms with Crippen LogP contribution in [0.25, 0.3) is 0 Å². The van der Waals surface area contributed by atoms with E-state index >= 15 is 0 Å².